The zero-order valence-corrected chi connectivity index (χ0v) is 4.65. The lowest BCUT2D eigenvalue weighted by Crippen LogP contribution is -2.31. The molecule has 0 bridgehead atoms. The molecule has 1 heterocycles. The van der Waals surface area contributed by atoms with Crippen LogP contribution in [0.25, 0.3) is 0 Å². The zero-order valence-electron chi connectivity index (χ0n) is 4.65. The summed E-state index contributed by atoms with van der Waals surface area (Å²) in [5, 5.41) is 0. The molecule has 9 heavy (non-hydrogen) atoms. The number of carbonyl (C=O) groups excluding carboxylic acids is 1. The molecule has 0 aromatic rings. The van der Waals surface area contributed by atoms with Crippen molar-refractivity contribution >= 4 is 12.1 Å². The van der Waals surface area contributed by atoms with Crippen LogP contribution < -0.4 is 5.73 Å². The van der Waals surface area contributed by atoms with Crippen LogP contribution in [-0.4, -0.2) is 18.2 Å². The average molecular weight is 126 g/mol. The van der Waals surface area contributed by atoms with E-state index in [4.69, 9.17) is 10.5 Å². The lowest BCUT2D eigenvalue weighted by molar-refractivity contribution is -0.123. The summed E-state index contributed by atoms with van der Waals surface area (Å²) in [6.45, 7) is 0. The molecule has 0 aliphatic carbocycles. The second-order valence-corrected chi connectivity index (χ2v) is 1.54. The Labute approximate surface area is 52.0 Å². The van der Waals surface area contributed by atoms with Gasteiger partial charge in [-0.3, -0.25) is 9.79 Å². The average Bonchev–Trinajstić information content (AvgIpc) is 1.90. The van der Waals surface area contributed by atoms with Gasteiger partial charge in [0.05, 0.1) is 12.4 Å². The number of carbonyl (C=O) groups is 1. The third-order valence-corrected chi connectivity index (χ3v) is 0.874. The van der Waals surface area contributed by atoms with Crippen molar-refractivity contribution in [2.45, 2.75) is 6.10 Å². The van der Waals surface area contributed by atoms with Crippen LogP contribution in [0.1, 0.15) is 0 Å². The summed E-state index contributed by atoms with van der Waals surface area (Å²) in [6.07, 6.45) is 3.44. The van der Waals surface area contributed by atoms with Crippen molar-refractivity contribution in [3.8, 4) is 0 Å². The maximum absolute atomic E-state index is 10.3. The number of aliphatic imine (C=N–C) groups is 1. The van der Waals surface area contributed by atoms with Crippen LogP contribution in [-0.2, 0) is 9.53 Å². The highest BCUT2D eigenvalue weighted by Crippen LogP contribution is 1.94. The molecule has 1 aliphatic heterocycles. The van der Waals surface area contributed by atoms with E-state index in [9.17, 15) is 4.79 Å². The van der Waals surface area contributed by atoms with E-state index >= 15 is 0 Å². The first kappa shape index (κ1) is 5.81. The van der Waals surface area contributed by atoms with Crippen LogP contribution in [0.2, 0.25) is 0 Å². The second-order valence-electron chi connectivity index (χ2n) is 1.54. The van der Waals surface area contributed by atoms with Crippen LogP contribution in [0, 0.1) is 0 Å². The Morgan fingerprint density at radius 3 is 2.89 bits per heavy atom. The lowest BCUT2D eigenvalue weighted by atomic mass is 10.3. The number of rotatable bonds is 1. The van der Waals surface area contributed by atoms with Gasteiger partial charge in [-0.1, -0.05) is 0 Å². The Kier molecular flexibility index (Phi) is 1.48. The van der Waals surface area contributed by atoms with Gasteiger partial charge in [0.15, 0.2) is 0 Å². The first-order chi connectivity index (χ1) is 4.30. The van der Waals surface area contributed by atoms with E-state index in [2.05, 4.69) is 4.99 Å². The molecule has 1 atom stereocenters. The molecular formula is C5H6N2O2. The summed E-state index contributed by atoms with van der Waals surface area (Å²) in [5.74, 6) is -0.525. The first-order valence-electron chi connectivity index (χ1n) is 2.44. The molecule has 0 spiro atoms. The van der Waals surface area contributed by atoms with E-state index in [0.717, 1.165) is 0 Å². The highest BCUT2D eigenvalue weighted by molar-refractivity contribution is 5.95. The summed E-state index contributed by atoms with van der Waals surface area (Å²) < 4.78 is 4.73. The molecule has 0 saturated carbocycles. The van der Waals surface area contributed by atoms with E-state index in [1.165, 1.54) is 18.7 Å². The standard InChI is InChI=1S/C5H6N2O2/c6-5(8)4-3-7-1-2-9-4/h1-4H,(H2,6,8). The number of hydrogen-bond donors (Lipinski definition) is 1. The van der Waals surface area contributed by atoms with Gasteiger partial charge in [-0.05, 0) is 0 Å². The minimum Gasteiger partial charge on any atom is -0.481 e. The maximum Gasteiger partial charge on any atom is 0.264 e. The van der Waals surface area contributed by atoms with Gasteiger partial charge in [0.1, 0.15) is 6.26 Å². The minimum absolute atomic E-state index is 0.525. The highest BCUT2D eigenvalue weighted by Gasteiger charge is 2.12. The third-order valence-electron chi connectivity index (χ3n) is 0.874. The van der Waals surface area contributed by atoms with E-state index in [-0.39, 0.29) is 0 Å². The molecule has 2 N–H and O–H groups in total. The summed E-state index contributed by atoms with van der Waals surface area (Å²) in [6, 6.07) is 0. The van der Waals surface area contributed by atoms with E-state index in [0.29, 0.717) is 0 Å². The van der Waals surface area contributed by atoms with Crippen molar-refractivity contribution < 1.29 is 9.53 Å². The fourth-order valence-corrected chi connectivity index (χ4v) is 0.458. The van der Waals surface area contributed by atoms with Gasteiger partial charge in [0, 0.05) is 0 Å². The monoisotopic (exact) mass is 126 g/mol. The number of hydrogen-bond acceptors (Lipinski definition) is 3. The van der Waals surface area contributed by atoms with Gasteiger partial charge in [0.2, 0.25) is 6.10 Å². The molecule has 4 nitrogen and oxygen atoms in total. The Balaban J connectivity index is 2.56. The lowest BCUT2D eigenvalue weighted by Gasteiger charge is -2.08. The van der Waals surface area contributed by atoms with Gasteiger partial charge in [-0.15, -0.1) is 0 Å². The smallest absolute Gasteiger partial charge is 0.264 e. The third kappa shape index (κ3) is 1.28. The molecule has 4 heteroatoms. The van der Waals surface area contributed by atoms with Crippen molar-refractivity contribution in [2.24, 2.45) is 10.7 Å². The predicted molar refractivity (Wildman–Crippen MR) is 31.7 cm³/mol. The van der Waals surface area contributed by atoms with Gasteiger partial charge in [-0.2, -0.15) is 0 Å². The Bertz CT molecular complexity index is 174. The van der Waals surface area contributed by atoms with Crippen LogP contribution in [0.15, 0.2) is 17.5 Å². The number of ether oxygens (including phenoxy) is 1. The summed E-state index contributed by atoms with van der Waals surface area (Å²) >= 11 is 0. The molecule has 0 aromatic heterocycles. The second kappa shape index (κ2) is 2.30. The normalized spacial score (nSPS) is 23.3. The molecule has 48 valence electrons. The fraction of sp³-hybridized carbons (Fsp3) is 0.200. The fourth-order valence-electron chi connectivity index (χ4n) is 0.458. The Hall–Kier alpha value is -1.32. The number of primary amides is 1. The molecule has 0 fully saturated rings. The number of amides is 1. The van der Waals surface area contributed by atoms with Gasteiger partial charge < -0.3 is 10.5 Å². The Morgan fingerprint density at radius 1 is 1.78 bits per heavy atom. The molecule has 0 saturated heterocycles. The highest BCUT2D eigenvalue weighted by atomic mass is 16.5. The largest absolute Gasteiger partial charge is 0.481 e. The molecule has 0 radical (unpaired) electrons. The maximum atomic E-state index is 10.3. The molecule has 1 aliphatic rings. The van der Waals surface area contributed by atoms with E-state index < -0.39 is 12.0 Å². The summed E-state index contributed by atoms with van der Waals surface area (Å²) in [7, 11) is 0. The SMILES string of the molecule is NC(=O)C1C=NC=CO1. The van der Waals surface area contributed by atoms with Crippen molar-refractivity contribution in [2.75, 3.05) is 0 Å². The number of nitrogens with zero attached hydrogens (tertiary/aromatic N) is 1. The molecule has 0 aromatic carbocycles. The van der Waals surface area contributed by atoms with Crippen molar-refractivity contribution in [1.29, 1.82) is 0 Å². The van der Waals surface area contributed by atoms with Crippen molar-refractivity contribution in [1.82, 2.24) is 0 Å². The van der Waals surface area contributed by atoms with Crippen LogP contribution in [0.5, 0.6) is 0 Å². The van der Waals surface area contributed by atoms with Crippen molar-refractivity contribution in [3.05, 3.63) is 12.5 Å². The minimum atomic E-state index is -0.685. The van der Waals surface area contributed by atoms with Gasteiger partial charge in [0.25, 0.3) is 5.91 Å². The molecular weight excluding hydrogens is 120 g/mol. The van der Waals surface area contributed by atoms with Gasteiger partial charge >= 0.3 is 0 Å². The zero-order chi connectivity index (χ0) is 6.69. The van der Waals surface area contributed by atoms with Crippen LogP contribution >= 0.6 is 0 Å². The van der Waals surface area contributed by atoms with E-state index in [1.54, 1.807) is 0 Å². The molecule has 1 amide bonds. The predicted octanol–water partition coefficient (Wildman–Crippen LogP) is -0.588. The van der Waals surface area contributed by atoms with Crippen molar-refractivity contribution in [3.63, 3.8) is 0 Å². The Morgan fingerprint density at radius 2 is 2.56 bits per heavy atom. The topological polar surface area (TPSA) is 64.7 Å². The summed E-state index contributed by atoms with van der Waals surface area (Å²) in [4.78, 5) is 14.0. The summed E-state index contributed by atoms with van der Waals surface area (Å²) in [5.41, 5.74) is 4.88. The molecule has 1 unspecified atom stereocenters. The first-order valence-corrected chi connectivity index (χ1v) is 2.44. The molecule has 1 rings (SSSR count). The van der Waals surface area contributed by atoms with Gasteiger partial charge in [-0.25, -0.2) is 0 Å². The van der Waals surface area contributed by atoms with Crippen LogP contribution in [0.3, 0.4) is 0 Å². The van der Waals surface area contributed by atoms with E-state index in [1.807, 2.05) is 0 Å². The quantitative estimate of drug-likeness (QED) is 0.510. The van der Waals surface area contributed by atoms with Crippen LogP contribution in [0.4, 0.5) is 0 Å². The number of nitrogens with two attached hydrogens (primary N) is 1.